The predicted octanol–water partition coefficient (Wildman–Crippen LogP) is 5.93. The summed E-state index contributed by atoms with van der Waals surface area (Å²) in [4.78, 5) is 0.329. The first-order valence-corrected chi connectivity index (χ1v) is 15.0. The molecule has 5 rings (SSSR count). The number of nitrogens with zero attached hydrogens (tertiary/aromatic N) is 1. The highest BCUT2D eigenvalue weighted by Gasteiger charge is 2.29. The molecule has 37 heavy (non-hydrogen) atoms. The smallest absolute Gasteiger partial charge is 0.243 e. The predicted molar refractivity (Wildman–Crippen MR) is 159 cm³/mol. The summed E-state index contributed by atoms with van der Waals surface area (Å²) in [6.45, 7) is 4.65. The van der Waals surface area contributed by atoms with Crippen LogP contribution in [-0.2, 0) is 23.1 Å². The Bertz CT molecular complexity index is 1320. The lowest BCUT2D eigenvalue weighted by atomic mass is 10.0. The first-order chi connectivity index (χ1) is 17.1. The molecular weight excluding hydrogens is 616 g/mol. The SMILES string of the molecule is C.Cc1ccc(S(=O)(=O)N2CCC(N)c3ccc(Br)cc3C2)cc1.NC1CCNCc2cc(Br)ccc21. The molecule has 2 unspecified atom stereocenters. The van der Waals surface area contributed by atoms with E-state index in [1.807, 2.05) is 37.3 Å². The van der Waals surface area contributed by atoms with Crippen LogP contribution < -0.4 is 16.8 Å². The average molecular weight is 652 g/mol. The van der Waals surface area contributed by atoms with Gasteiger partial charge in [0.1, 0.15) is 0 Å². The van der Waals surface area contributed by atoms with Gasteiger partial charge in [0.05, 0.1) is 4.90 Å². The zero-order chi connectivity index (χ0) is 25.9. The maximum Gasteiger partial charge on any atom is 0.243 e. The van der Waals surface area contributed by atoms with Crippen molar-refractivity contribution in [3.8, 4) is 0 Å². The third kappa shape index (κ3) is 7.29. The van der Waals surface area contributed by atoms with Gasteiger partial charge in [-0.15, -0.1) is 0 Å². The fourth-order valence-electron chi connectivity index (χ4n) is 4.57. The first kappa shape index (κ1) is 30.0. The summed E-state index contributed by atoms with van der Waals surface area (Å²) in [7, 11) is -3.52. The molecule has 9 heteroatoms. The van der Waals surface area contributed by atoms with Gasteiger partial charge in [0.15, 0.2) is 0 Å². The van der Waals surface area contributed by atoms with E-state index in [1.54, 1.807) is 12.1 Å². The molecule has 0 radical (unpaired) electrons. The summed E-state index contributed by atoms with van der Waals surface area (Å²) in [5.41, 5.74) is 17.9. The Morgan fingerprint density at radius 2 is 1.43 bits per heavy atom. The number of aryl methyl sites for hydroxylation is 1. The number of benzene rings is 3. The molecule has 5 N–H and O–H groups in total. The van der Waals surface area contributed by atoms with Crippen LogP contribution in [0, 0.1) is 6.92 Å². The van der Waals surface area contributed by atoms with Gasteiger partial charge in [-0.05, 0) is 85.0 Å². The molecule has 0 aromatic heterocycles. The number of hydrogen-bond acceptors (Lipinski definition) is 5. The molecule has 0 saturated carbocycles. The number of fused-ring (bicyclic) bond motifs is 2. The largest absolute Gasteiger partial charge is 0.324 e. The zero-order valence-corrected chi connectivity index (χ0v) is 24.2. The van der Waals surface area contributed by atoms with Crippen molar-refractivity contribution in [2.45, 2.75) is 57.3 Å². The quantitative estimate of drug-likeness (QED) is 0.319. The molecule has 3 aromatic carbocycles. The number of halogens is 2. The molecule has 2 aliphatic rings. The average Bonchev–Trinajstić information content (AvgIpc) is 3.13. The number of rotatable bonds is 2. The van der Waals surface area contributed by atoms with Crippen LogP contribution in [0.15, 0.2) is 74.5 Å². The molecule has 3 aromatic rings. The van der Waals surface area contributed by atoms with Crippen molar-refractivity contribution in [2.75, 3.05) is 13.1 Å². The van der Waals surface area contributed by atoms with Crippen molar-refractivity contribution < 1.29 is 8.42 Å². The second-order valence-corrected chi connectivity index (χ2v) is 13.1. The van der Waals surface area contributed by atoms with Crippen LogP contribution in [0.2, 0.25) is 0 Å². The van der Waals surface area contributed by atoms with Crippen LogP contribution in [0.1, 0.15) is 60.2 Å². The van der Waals surface area contributed by atoms with Crippen LogP contribution in [0.25, 0.3) is 0 Å². The molecule has 2 atom stereocenters. The van der Waals surface area contributed by atoms with Gasteiger partial charge in [0.25, 0.3) is 0 Å². The zero-order valence-electron chi connectivity index (χ0n) is 20.3. The molecule has 2 aliphatic heterocycles. The lowest BCUT2D eigenvalue weighted by Crippen LogP contribution is -2.31. The number of sulfonamides is 1. The summed E-state index contributed by atoms with van der Waals surface area (Å²) in [5, 5.41) is 3.36. The van der Waals surface area contributed by atoms with E-state index in [-0.39, 0.29) is 19.5 Å². The van der Waals surface area contributed by atoms with E-state index in [9.17, 15) is 8.42 Å². The minimum atomic E-state index is -3.52. The van der Waals surface area contributed by atoms with Gasteiger partial charge in [0.2, 0.25) is 10.0 Å². The Morgan fingerprint density at radius 1 is 0.865 bits per heavy atom. The lowest BCUT2D eigenvalue weighted by molar-refractivity contribution is 0.401. The maximum atomic E-state index is 12.9. The molecule has 0 amide bonds. The topological polar surface area (TPSA) is 101 Å². The molecule has 6 nitrogen and oxygen atoms in total. The van der Waals surface area contributed by atoms with Crippen LogP contribution in [0.3, 0.4) is 0 Å². The molecule has 2 heterocycles. The third-order valence-electron chi connectivity index (χ3n) is 6.65. The van der Waals surface area contributed by atoms with Crippen LogP contribution >= 0.6 is 31.9 Å². The van der Waals surface area contributed by atoms with Gasteiger partial charge in [0, 0.05) is 40.7 Å². The van der Waals surface area contributed by atoms with E-state index in [0.717, 1.165) is 45.1 Å². The second kappa shape index (κ2) is 13.0. The van der Waals surface area contributed by atoms with Gasteiger partial charge < -0.3 is 16.8 Å². The first-order valence-electron chi connectivity index (χ1n) is 12.0. The Hall–Kier alpha value is -1.59. The lowest BCUT2D eigenvalue weighted by Gasteiger charge is -2.20. The van der Waals surface area contributed by atoms with Crippen molar-refractivity contribution >= 4 is 41.9 Å². The van der Waals surface area contributed by atoms with Gasteiger partial charge in [-0.2, -0.15) is 4.31 Å². The van der Waals surface area contributed by atoms with Crippen LogP contribution in [0.5, 0.6) is 0 Å². The van der Waals surface area contributed by atoms with Crippen molar-refractivity contribution in [1.29, 1.82) is 0 Å². The third-order valence-corrected chi connectivity index (χ3v) is 9.50. The summed E-state index contributed by atoms with van der Waals surface area (Å²) < 4.78 is 29.4. The normalized spacial score (nSPS) is 19.7. The summed E-state index contributed by atoms with van der Waals surface area (Å²) in [6.07, 6.45) is 1.63. The van der Waals surface area contributed by atoms with Crippen molar-refractivity contribution in [1.82, 2.24) is 9.62 Å². The molecule has 0 aliphatic carbocycles. The number of hydrogen-bond donors (Lipinski definition) is 3. The molecule has 200 valence electrons. The number of nitrogens with one attached hydrogen (secondary N) is 1. The molecule has 0 spiro atoms. The summed E-state index contributed by atoms with van der Waals surface area (Å²) >= 11 is 6.92. The van der Waals surface area contributed by atoms with E-state index < -0.39 is 10.0 Å². The van der Waals surface area contributed by atoms with Crippen molar-refractivity contribution in [3.63, 3.8) is 0 Å². The number of nitrogens with two attached hydrogens (primary N) is 2. The highest BCUT2D eigenvalue weighted by Crippen LogP contribution is 2.30. The van der Waals surface area contributed by atoms with Gasteiger partial charge in [-0.1, -0.05) is 69.1 Å². The Kier molecular flexibility index (Phi) is 10.5. The van der Waals surface area contributed by atoms with E-state index in [2.05, 4.69) is 55.4 Å². The standard InChI is InChI=1S/C17H19BrN2O2S.C10H13BrN2.CH4/c1-12-2-5-15(6-3-12)23(21,22)20-9-8-17(19)16-7-4-14(18)10-13(16)11-20;11-8-1-2-9-7(5-8)6-13-4-3-10(9)12;/h2-7,10,17H,8-9,11,19H2,1H3;1-2,5,10,13H,3-4,6,12H2;1H4. The van der Waals surface area contributed by atoms with Crippen LogP contribution in [0.4, 0.5) is 0 Å². The maximum absolute atomic E-state index is 12.9. The fraction of sp³-hybridized carbons (Fsp3) is 0.357. The van der Waals surface area contributed by atoms with Gasteiger partial charge >= 0.3 is 0 Å². The van der Waals surface area contributed by atoms with E-state index in [4.69, 9.17) is 11.5 Å². The fourth-order valence-corrected chi connectivity index (χ4v) is 6.82. The van der Waals surface area contributed by atoms with E-state index >= 15 is 0 Å². The molecule has 0 fully saturated rings. The molecule has 0 saturated heterocycles. The highest BCUT2D eigenvalue weighted by atomic mass is 79.9. The minimum Gasteiger partial charge on any atom is -0.324 e. The van der Waals surface area contributed by atoms with Crippen LogP contribution in [-0.4, -0.2) is 25.8 Å². The summed E-state index contributed by atoms with van der Waals surface area (Å²) in [5.74, 6) is 0. The Balaban J connectivity index is 0.000000231. The summed E-state index contributed by atoms with van der Waals surface area (Å²) in [6, 6.07) is 19.2. The van der Waals surface area contributed by atoms with E-state index in [1.165, 1.54) is 15.4 Å². The highest BCUT2D eigenvalue weighted by molar-refractivity contribution is 9.10. The molecular formula is C28H36Br2N4O2S. The van der Waals surface area contributed by atoms with Gasteiger partial charge in [-0.3, -0.25) is 0 Å². The second-order valence-electron chi connectivity index (χ2n) is 9.31. The van der Waals surface area contributed by atoms with Crippen molar-refractivity contribution in [2.24, 2.45) is 11.5 Å². The Labute approximate surface area is 238 Å². The van der Waals surface area contributed by atoms with E-state index in [0.29, 0.717) is 24.4 Å². The van der Waals surface area contributed by atoms with Gasteiger partial charge in [-0.25, -0.2) is 8.42 Å². The Morgan fingerprint density at radius 3 is 2.08 bits per heavy atom. The molecule has 0 bridgehead atoms. The monoisotopic (exact) mass is 650 g/mol. The minimum absolute atomic E-state index is 0. The van der Waals surface area contributed by atoms with Crippen molar-refractivity contribution in [3.05, 3.63) is 97.4 Å².